The molecular formula is C25H19ClF3N3O3. The highest BCUT2D eigenvalue weighted by atomic mass is 35.5. The molecule has 0 aliphatic heterocycles. The largest absolute Gasteiger partial charge is 0.497 e. The molecule has 0 spiro atoms. The minimum absolute atomic E-state index is 0.0921. The van der Waals surface area contributed by atoms with Gasteiger partial charge in [0.25, 0.3) is 0 Å². The van der Waals surface area contributed by atoms with Crippen LogP contribution in [0.5, 0.6) is 5.75 Å². The lowest BCUT2D eigenvalue weighted by Crippen LogP contribution is -2.07. The first-order valence-corrected chi connectivity index (χ1v) is 10.6. The first-order chi connectivity index (χ1) is 16.7. The van der Waals surface area contributed by atoms with Gasteiger partial charge in [-0.05, 0) is 36.4 Å². The van der Waals surface area contributed by atoms with Gasteiger partial charge >= 0.3 is 12.1 Å². The third kappa shape index (κ3) is 4.95. The van der Waals surface area contributed by atoms with Crippen molar-refractivity contribution in [1.82, 2.24) is 9.55 Å². The van der Waals surface area contributed by atoms with Crippen LogP contribution in [-0.2, 0) is 15.7 Å². The van der Waals surface area contributed by atoms with Gasteiger partial charge in [0.2, 0.25) is 0 Å². The van der Waals surface area contributed by atoms with E-state index < -0.39 is 17.7 Å². The Morgan fingerprint density at radius 3 is 2.46 bits per heavy atom. The van der Waals surface area contributed by atoms with E-state index in [9.17, 15) is 18.0 Å². The predicted molar refractivity (Wildman–Crippen MR) is 128 cm³/mol. The van der Waals surface area contributed by atoms with Gasteiger partial charge in [0.1, 0.15) is 5.75 Å². The number of benzene rings is 2. The van der Waals surface area contributed by atoms with Crippen molar-refractivity contribution in [3.63, 3.8) is 0 Å². The molecule has 4 rings (SSSR count). The van der Waals surface area contributed by atoms with Crippen LogP contribution in [0.1, 0.15) is 11.1 Å². The fourth-order valence-electron chi connectivity index (χ4n) is 3.53. The summed E-state index contributed by atoms with van der Waals surface area (Å²) < 4.78 is 50.9. The molecule has 35 heavy (non-hydrogen) atoms. The summed E-state index contributed by atoms with van der Waals surface area (Å²) in [6.45, 7) is 0. The summed E-state index contributed by atoms with van der Waals surface area (Å²) in [6, 6.07) is 15.0. The Hall–Kier alpha value is -3.98. The first-order valence-electron chi connectivity index (χ1n) is 10.3. The molecule has 0 atom stereocenters. The molecule has 0 aliphatic carbocycles. The summed E-state index contributed by atoms with van der Waals surface area (Å²) in [6.07, 6.45) is -0.767. The molecule has 0 fully saturated rings. The molecule has 0 amide bonds. The number of rotatable bonds is 6. The molecule has 1 N–H and O–H groups in total. The molecule has 10 heteroatoms. The summed E-state index contributed by atoms with van der Waals surface area (Å²) in [4.78, 5) is 16.7. The number of hydrogen-bond acceptors (Lipinski definition) is 5. The highest BCUT2D eigenvalue weighted by Crippen LogP contribution is 2.35. The number of para-hydroxylation sites is 1. The third-order valence-electron chi connectivity index (χ3n) is 5.26. The van der Waals surface area contributed by atoms with Gasteiger partial charge in [-0.3, -0.25) is 4.57 Å². The minimum atomic E-state index is -4.58. The van der Waals surface area contributed by atoms with E-state index in [2.05, 4.69) is 10.3 Å². The normalized spacial score (nSPS) is 12.0. The van der Waals surface area contributed by atoms with Crippen LogP contribution in [0.15, 0.2) is 73.2 Å². The second-order valence-corrected chi connectivity index (χ2v) is 7.79. The summed E-state index contributed by atoms with van der Waals surface area (Å²) in [5, 5.41) is 3.53. The van der Waals surface area contributed by atoms with E-state index in [0.29, 0.717) is 27.9 Å². The van der Waals surface area contributed by atoms with Crippen LogP contribution in [0.2, 0.25) is 5.02 Å². The highest BCUT2D eigenvalue weighted by Gasteiger charge is 2.32. The number of pyridine rings is 1. The Morgan fingerprint density at radius 2 is 1.83 bits per heavy atom. The number of carbonyl (C=O) groups excluding carboxylic acids is 1. The van der Waals surface area contributed by atoms with Crippen molar-refractivity contribution in [1.29, 1.82) is 0 Å². The maximum atomic E-state index is 13.1. The predicted octanol–water partition coefficient (Wildman–Crippen LogP) is 6.33. The van der Waals surface area contributed by atoms with E-state index in [0.717, 1.165) is 12.3 Å². The van der Waals surface area contributed by atoms with Crippen LogP contribution in [-0.4, -0.2) is 29.7 Å². The quantitative estimate of drug-likeness (QED) is 0.247. The Labute approximate surface area is 203 Å². The maximum Gasteiger partial charge on any atom is 0.417 e. The van der Waals surface area contributed by atoms with Crippen molar-refractivity contribution in [2.45, 2.75) is 6.18 Å². The van der Waals surface area contributed by atoms with Crippen LogP contribution in [0.25, 0.3) is 22.3 Å². The van der Waals surface area contributed by atoms with Gasteiger partial charge in [-0.2, -0.15) is 13.2 Å². The maximum absolute atomic E-state index is 13.1. The topological polar surface area (TPSA) is 65.4 Å². The van der Waals surface area contributed by atoms with E-state index in [1.54, 1.807) is 61.8 Å². The summed E-state index contributed by atoms with van der Waals surface area (Å²) in [5.74, 6) is 0.159. The number of alkyl halides is 3. The lowest BCUT2D eigenvalue weighted by Gasteiger charge is -2.10. The van der Waals surface area contributed by atoms with Gasteiger partial charge in [0.05, 0.1) is 35.9 Å². The Kier molecular flexibility index (Phi) is 6.70. The SMILES string of the molecule is COC(=O)/C(=C\Nc1ccc(OC)cc1)c1cn(-c2ncc(C(F)(F)F)cc2Cl)c2ccccc12. The zero-order valence-electron chi connectivity index (χ0n) is 18.6. The van der Waals surface area contributed by atoms with Crippen LogP contribution in [0, 0.1) is 0 Å². The average Bonchev–Trinajstić information content (AvgIpc) is 3.23. The molecule has 0 radical (unpaired) electrons. The molecule has 180 valence electrons. The number of fused-ring (bicyclic) bond motifs is 1. The molecule has 0 saturated heterocycles. The summed E-state index contributed by atoms with van der Waals surface area (Å²) in [7, 11) is 2.82. The van der Waals surface area contributed by atoms with Gasteiger partial charge in [0.15, 0.2) is 5.82 Å². The van der Waals surface area contributed by atoms with E-state index in [1.807, 2.05) is 0 Å². The van der Waals surface area contributed by atoms with Crippen molar-refractivity contribution >= 4 is 39.7 Å². The van der Waals surface area contributed by atoms with Gasteiger partial charge in [-0.1, -0.05) is 29.8 Å². The second-order valence-electron chi connectivity index (χ2n) is 7.38. The summed E-state index contributed by atoms with van der Waals surface area (Å²) >= 11 is 6.20. The number of halogens is 4. The molecule has 4 aromatic rings. The van der Waals surface area contributed by atoms with Crippen molar-refractivity contribution in [3.8, 4) is 11.6 Å². The van der Waals surface area contributed by atoms with Crippen LogP contribution in [0.4, 0.5) is 18.9 Å². The molecular weight excluding hydrogens is 483 g/mol. The lowest BCUT2D eigenvalue weighted by molar-refractivity contribution is -0.138. The monoisotopic (exact) mass is 501 g/mol. The third-order valence-corrected chi connectivity index (χ3v) is 5.54. The Balaban J connectivity index is 1.82. The standard InChI is InChI=1S/C25H19ClF3N3O3/c1-34-17-9-7-16(8-10-17)30-13-19(24(33)35-2)20-14-32(22-6-4-3-5-18(20)22)23-21(26)11-15(12-31-23)25(27,28)29/h3-14,30H,1-2H3/b19-13-. The molecule has 2 heterocycles. The number of carbonyl (C=O) groups is 1. The fraction of sp³-hybridized carbons (Fsp3) is 0.120. The van der Waals surface area contributed by atoms with Gasteiger partial charge < -0.3 is 14.8 Å². The van der Waals surface area contributed by atoms with Crippen molar-refractivity contribution in [2.24, 2.45) is 0 Å². The zero-order valence-corrected chi connectivity index (χ0v) is 19.3. The number of hydrogen-bond donors (Lipinski definition) is 1. The molecule has 2 aromatic carbocycles. The van der Waals surface area contributed by atoms with Crippen molar-refractivity contribution in [3.05, 3.63) is 89.3 Å². The van der Waals surface area contributed by atoms with E-state index >= 15 is 0 Å². The number of methoxy groups -OCH3 is 2. The average molecular weight is 502 g/mol. The van der Waals surface area contributed by atoms with Crippen LogP contribution < -0.4 is 10.1 Å². The van der Waals surface area contributed by atoms with E-state index in [1.165, 1.54) is 17.9 Å². The van der Waals surface area contributed by atoms with Gasteiger partial charge in [-0.25, -0.2) is 9.78 Å². The number of esters is 1. The minimum Gasteiger partial charge on any atom is -0.497 e. The van der Waals surface area contributed by atoms with E-state index in [4.69, 9.17) is 21.1 Å². The number of aromatic nitrogens is 2. The number of anilines is 1. The highest BCUT2D eigenvalue weighted by molar-refractivity contribution is 6.32. The zero-order chi connectivity index (χ0) is 25.2. The molecule has 6 nitrogen and oxygen atoms in total. The molecule has 2 aromatic heterocycles. The smallest absolute Gasteiger partial charge is 0.417 e. The number of ether oxygens (including phenoxy) is 2. The fourth-order valence-corrected chi connectivity index (χ4v) is 3.79. The second kappa shape index (κ2) is 9.71. The molecule has 0 saturated carbocycles. The molecule has 0 bridgehead atoms. The Morgan fingerprint density at radius 1 is 1.11 bits per heavy atom. The van der Waals surface area contributed by atoms with Crippen LogP contribution >= 0.6 is 11.6 Å². The van der Waals surface area contributed by atoms with E-state index in [-0.39, 0.29) is 16.4 Å². The van der Waals surface area contributed by atoms with Crippen molar-refractivity contribution in [2.75, 3.05) is 19.5 Å². The first kappa shape index (κ1) is 24.2. The Bertz CT molecular complexity index is 1410. The summed E-state index contributed by atoms with van der Waals surface area (Å²) in [5.41, 5.74) is 1.01. The molecule has 0 aliphatic rings. The van der Waals surface area contributed by atoms with Crippen molar-refractivity contribution < 1.29 is 27.4 Å². The van der Waals surface area contributed by atoms with Crippen LogP contribution in [0.3, 0.4) is 0 Å². The lowest BCUT2D eigenvalue weighted by atomic mass is 10.1. The van der Waals surface area contributed by atoms with Gasteiger partial charge in [0, 0.05) is 35.2 Å². The molecule has 0 unspecified atom stereocenters. The number of nitrogens with one attached hydrogen (secondary N) is 1. The van der Waals surface area contributed by atoms with Gasteiger partial charge in [-0.15, -0.1) is 0 Å². The number of nitrogens with zero attached hydrogens (tertiary/aromatic N) is 2.